The van der Waals surface area contributed by atoms with Crippen LogP contribution in [0.3, 0.4) is 0 Å². The van der Waals surface area contributed by atoms with Gasteiger partial charge in [-0.3, -0.25) is 60.8 Å². The molecule has 9 N–H and O–H groups in total. The van der Waals surface area contributed by atoms with Gasteiger partial charge < -0.3 is 84.7 Å². The number of nitrogens with zero attached hydrogens (tertiary/aromatic N) is 7. The number of rotatable bonds is 45. The van der Waals surface area contributed by atoms with Crippen LogP contribution in [0.15, 0.2) is 54.4 Å². The van der Waals surface area contributed by atoms with Crippen molar-refractivity contribution < 1.29 is 113 Å². The van der Waals surface area contributed by atoms with E-state index in [4.69, 9.17) is 76.9 Å². The van der Waals surface area contributed by atoms with E-state index in [2.05, 4.69) is 45.9 Å². The maximum Gasteiger partial charge on any atom is 0.472 e. The largest absolute Gasteiger partial charge is 0.472 e. The molecule has 0 spiro atoms. The van der Waals surface area contributed by atoms with Crippen LogP contribution < -0.4 is 33.0 Å². The predicted octanol–water partition coefficient (Wildman–Crippen LogP) is 2.60. The number of Topliss-reactive ketones (excluding diaryl/α,β-unsaturated/α-hetero) is 3. The van der Waals surface area contributed by atoms with E-state index in [1.807, 2.05) is 0 Å². The number of fused-ring (bicyclic) bond motifs is 4. The number of anilines is 2. The lowest BCUT2D eigenvalue weighted by Crippen LogP contribution is -2.46. The predicted molar refractivity (Wildman–Crippen MR) is 363 cm³/mol. The van der Waals surface area contributed by atoms with Crippen LogP contribution in [0.4, 0.5) is 15.9 Å². The number of hydrogen-bond acceptors (Lipinski definition) is 31. The number of imidazole rings is 2. The molecule has 0 radical (unpaired) electrons. The fraction of sp³-hybridized carbons (Fsp3) is 0.645. The highest BCUT2D eigenvalue weighted by Gasteiger charge is 2.53. The molecule has 11 atom stereocenters. The van der Waals surface area contributed by atoms with Crippen LogP contribution in [0.25, 0.3) is 22.3 Å². The number of ketones is 3. The molecular formula is C62H90FN13O24P2S. The van der Waals surface area contributed by atoms with Crippen LogP contribution in [-0.2, 0) is 109 Å². The Balaban J connectivity index is 0.694. The number of ether oxygens (including phenoxy) is 10. The summed E-state index contributed by atoms with van der Waals surface area (Å²) in [7, 11) is -5.14. The third-order valence-corrected chi connectivity index (χ3v) is 20.5. The fourth-order valence-electron chi connectivity index (χ4n) is 10.5. The molecule has 3 aliphatic rings. The number of amides is 3. The van der Waals surface area contributed by atoms with Gasteiger partial charge in [0.1, 0.15) is 68.9 Å². The van der Waals surface area contributed by atoms with Gasteiger partial charge in [0.05, 0.1) is 104 Å². The molecule has 2 unspecified atom stereocenters. The molecule has 41 heteroatoms. The van der Waals surface area contributed by atoms with E-state index in [0.29, 0.717) is 63.5 Å². The number of phosphoric ester groups is 1. The van der Waals surface area contributed by atoms with Gasteiger partial charge in [0.15, 0.2) is 52.4 Å². The second-order valence-corrected chi connectivity index (χ2v) is 29.6. The molecule has 3 saturated heterocycles. The van der Waals surface area contributed by atoms with E-state index in [1.165, 1.54) is 28.1 Å². The van der Waals surface area contributed by atoms with Crippen LogP contribution in [0, 0.1) is 11.8 Å². The second-order valence-electron chi connectivity index (χ2n) is 24.1. The summed E-state index contributed by atoms with van der Waals surface area (Å²) in [5, 5.41) is 8.18. The Labute approximate surface area is 595 Å². The van der Waals surface area contributed by atoms with Gasteiger partial charge in [-0.05, 0) is 47.8 Å². The monoisotopic (exact) mass is 1510 g/mol. The van der Waals surface area contributed by atoms with E-state index < -0.39 is 100 Å². The van der Waals surface area contributed by atoms with Gasteiger partial charge in [-0.15, -0.1) is 0 Å². The number of carbonyl (C=O) groups excluding carboxylic acids is 6. The van der Waals surface area contributed by atoms with Gasteiger partial charge in [-0.2, -0.15) is 0 Å². The number of phosphoric acid groups is 1. The van der Waals surface area contributed by atoms with E-state index in [1.54, 1.807) is 45.0 Å². The first kappa shape index (κ1) is 82.1. The maximum absolute atomic E-state index is 16.7. The molecule has 103 heavy (non-hydrogen) atoms. The zero-order chi connectivity index (χ0) is 73.7. The Bertz CT molecular complexity index is 3710. The third kappa shape index (κ3) is 26.2. The molecule has 5 aromatic rings. The average Bonchev–Trinajstić information content (AvgIpc) is 1.62. The summed E-state index contributed by atoms with van der Waals surface area (Å²) in [6, 6.07) is 5.55. The van der Waals surface area contributed by atoms with Crippen LogP contribution in [0.5, 0.6) is 0 Å². The fourth-order valence-corrected chi connectivity index (χ4v) is 14.9. The summed E-state index contributed by atoms with van der Waals surface area (Å²) in [5.74, 6) is -3.06. The number of nitrogen functional groups attached to an aromatic ring is 1. The van der Waals surface area contributed by atoms with Crippen molar-refractivity contribution in [1.29, 1.82) is 0 Å². The van der Waals surface area contributed by atoms with Crippen molar-refractivity contribution in [1.82, 2.24) is 49.7 Å². The van der Waals surface area contributed by atoms with Gasteiger partial charge >= 0.3 is 14.6 Å². The highest BCUT2D eigenvalue weighted by atomic mass is 32.7. The molecule has 570 valence electrons. The van der Waals surface area contributed by atoms with Gasteiger partial charge in [0, 0.05) is 69.3 Å². The van der Waals surface area contributed by atoms with Crippen LogP contribution >= 0.6 is 26.0 Å². The average molecular weight is 1510 g/mol. The molecule has 7 heterocycles. The topological polar surface area (TPSA) is 481 Å². The number of H-pyrrole nitrogens is 1. The summed E-state index contributed by atoms with van der Waals surface area (Å²) < 4.78 is 127. The first-order valence-corrected chi connectivity index (χ1v) is 38.1. The molecule has 8 rings (SSSR count). The third-order valence-electron chi connectivity index (χ3n) is 15.8. The normalized spacial score (nSPS) is 22.8. The second kappa shape index (κ2) is 42.0. The lowest BCUT2D eigenvalue weighted by atomic mass is 9.92. The van der Waals surface area contributed by atoms with E-state index >= 15 is 8.96 Å². The van der Waals surface area contributed by atoms with Gasteiger partial charge in [0.25, 0.3) is 5.56 Å². The number of benzene rings is 1. The Kier molecular flexibility index (Phi) is 33.4. The Hall–Kier alpha value is -6.56. The molecule has 3 amide bonds. The van der Waals surface area contributed by atoms with E-state index in [-0.39, 0.29) is 168 Å². The van der Waals surface area contributed by atoms with Gasteiger partial charge in [0.2, 0.25) is 17.7 Å². The summed E-state index contributed by atoms with van der Waals surface area (Å²) >= 11 is 0.749. The maximum atomic E-state index is 16.7. The van der Waals surface area contributed by atoms with Crippen molar-refractivity contribution in [2.24, 2.45) is 17.6 Å². The number of nitrogens with one attached hydrogen (secondary N) is 4. The van der Waals surface area contributed by atoms with Gasteiger partial charge in [-0.1, -0.05) is 32.9 Å². The molecule has 0 bridgehead atoms. The first-order chi connectivity index (χ1) is 49.6. The number of nitrogens with two attached hydrogens (primary N) is 2. The highest BCUT2D eigenvalue weighted by molar-refractivity contribution is 8.54. The van der Waals surface area contributed by atoms with Crippen LogP contribution in [0.1, 0.15) is 77.3 Å². The van der Waals surface area contributed by atoms with E-state index in [0.717, 1.165) is 17.7 Å². The minimum absolute atomic E-state index is 0.00354. The summed E-state index contributed by atoms with van der Waals surface area (Å²) in [6.45, 7) is 2.52. The minimum Gasteiger partial charge on any atom is -0.382 e. The molecule has 4 aromatic heterocycles. The molecule has 3 aliphatic heterocycles. The van der Waals surface area contributed by atoms with Crippen molar-refractivity contribution in [3.8, 4) is 0 Å². The summed E-state index contributed by atoms with van der Waals surface area (Å²) in [6.07, 6.45) is -4.51. The van der Waals surface area contributed by atoms with Crippen LogP contribution in [-0.4, -0.2) is 248 Å². The highest BCUT2D eigenvalue weighted by Crippen LogP contribution is 2.65. The smallest absolute Gasteiger partial charge is 0.382 e. The Morgan fingerprint density at radius 2 is 1.31 bits per heavy atom. The zero-order valence-corrected chi connectivity index (χ0v) is 59.9. The lowest BCUT2D eigenvalue weighted by molar-refractivity contribution is -0.133. The summed E-state index contributed by atoms with van der Waals surface area (Å²) in [5.41, 5.74) is 12.1. The molecule has 0 saturated carbocycles. The molecule has 3 fully saturated rings. The van der Waals surface area contributed by atoms with Crippen molar-refractivity contribution in [2.45, 2.75) is 114 Å². The van der Waals surface area contributed by atoms with Crippen molar-refractivity contribution in [2.75, 3.05) is 143 Å². The molecule has 0 aliphatic carbocycles. The SMILES string of the molecule is CC(C)[C@H](NC(=O)COCCOCCCC(=O)COCCOCCNC(=O)COCCOCCCC(=O)COCCOCCN)C(=O)C[C@@H](C)C(=O)Nc1ccc(CSP2(=O)OC[C@H]3O[C@@H](n4cnc5c(N)ncnc54)[C@H](F)[C@@H]3OP(=O)(O)OC[C@H]3O[C@@H](n4cnc5c(=O)[nH]cnc54)C[C@@H]3O2)cc1. The summed E-state index contributed by atoms with van der Waals surface area (Å²) in [4.78, 5) is 123. The quantitative estimate of drug-likeness (QED) is 0.0217. The van der Waals surface area contributed by atoms with Crippen molar-refractivity contribution in [3.05, 3.63) is 65.5 Å². The number of halogens is 1. The number of aromatic amines is 1. The minimum atomic E-state index is -5.14. The Morgan fingerprint density at radius 3 is 1.98 bits per heavy atom. The zero-order valence-electron chi connectivity index (χ0n) is 57.3. The van der Waals surface area contributed by atoms with Crippen LogP contribution in [0.2, 0.25) is 0 Å². The molecule has 1 aromatic carbocycles. The van der Waals surface area contributed by atoms with Crippen molar-refractivity contribution >= 4 is 94.9 Å². The Morgan fingerprint density at radius 1 is 0.709 bits per heavy atom. The first-order valence-electron chi connectivity index (χ1n) is 33.5. The number of alkyl halides is 1. The van der Waals surface area contributed by atoms with Gasteiger partial charge in [-0.25, -0.2) is 38.4 Å². The lowest BCUT2D eigenvalue weighted by Gasteiger charge is -2.28. The standard InChI is InChI=1S/C62H90FN13O24P2S/c1-39(2)53(74-50(81)33-94-25-19-88-15-5-7-44(78)29-92-23-21-90-17-13-66-49(80)32-93-24-18-87-14-4-6-43(77)28-91-22-20-89-16-12-64)45(79)26-40(3)60(82)73-42-10-8-41(9-11-42)34-103-102(86)96-31-48-56(52(63)62(98-48)76-38-71-54-57(65)67-35-68-58(54)76)100-101(84,85)95-30-47-46(99-102)27-51(97-47)75-37-72-55-59(75)69-36-70-61(55)83/h8-11,35-40,46-48,51-53,56,62H,4-7,12-34,64H2,1-3H3,(H,66,80)(H,73,82)(H,74,81)(H,84,85)(H2,65,67,68)(H,69,70,83)/t40-,46+,47-,48-,51-,52-,53+,56-,62-,102?/m1/s1. The molecular weight excluding hydrogens is 1420 g/mol. The van der Waals surface area contributed by atoms with Crippen molar-refractivity contribution in [3.63, 3.8) is 0 Å². The molecule has 37 nitrogen and oxygen atoms in total. The number of carbonyl (C=O) groups is 6. The van der Waals surface area contributed by atoms with E-state index in [9.17, 15) is 43.0 Å². The number of aromatic nitrogens is 8. The number of hydrogen-bond donors (Lipinski definition) is 7.